The first-order valence-electron chi connectivity index (χ1n) is 16.0. The molecular weight excluding hydrogens is 659 g/mol. The van der Waals surface area contributed by atoms with Crippen LogP contribution in [-0.2, 0) is 0 Å². The molecule has 0 fully saturated rings. The number of benzene rings is 7. The van der Waals surface area contributed by atoms with Crippen LogP contribution >= 0.6 is 45.3 Å². The zero-order valence-electron chi connectivity index (χ0n) is 25.4. The highest BCUT2D eigenvalue weighted by Gasteiger charge is 2.22. The van der Waals surface area contributed by atoms with E-state index in [-0.39, 0.29) is 0 Å². The monoisotopic (exact) mass is 681 g/mol. The predicted octanol–water partition coefficient (Wildman–Crippen LogP) is 14.4. The molecule has 4 heterocycles. The fourth-order valence-electron chi connectivity index (χ4n) is 7.39. The molecule has 0 N–H and O–H groups in total. The van der Waals surface area contributed by atoms with Gasteiger partial charge in [0.1, 0.15) is 5.01 Å². The van der Waals surface area contributed by atoms with Crippen LogP contribution in [-0.4, -0.2) is 4.98 Å². The Morgan fingerprint density at radius 1 is 0.292 bits per heavy atom. The third-order valence-corrected chi connectivity index (χ3v) is 14.3. The van der Waals surface area contributed by atoms with E-state index in [0.29, 0.717) is 0 Å². The summed E-state index contributed by atoms with van der Waals surface area (Å²) in [5.41, 5.74) is 7.27. The predicted molar refractivity (Wildman–Crippen MR) is 215 cm³/mol. The lowest BCUT2D eigenvalue weighted by Gasteiger charge is -2.10. The number of thiazole rings is 1. The third kappa shape index (κ3) is 3.84. The molecule has 0 aliphatic carbocycles. The molecular formula is C43H23NS4. The molecule has 4 aromatic heterocycles. The van der Waals surface area contributed by atoms with Crippen molar-refractivity contribution in [1.82, 2.24) is 4.98 Å². The topological polar surface area (TPSA) is 12.9 Å². The Morgan fingerprint density at radius 3 is 1.23 bits per heavy atom. The summed E-state index contributed by atoms with van der Waals surface area (Å²) in [6.07, 6.45) is 0. The Morgan fingerprint density at radius 2 is 0.688 bits per heavy atom. The van der Waals surface area contributed by atoms with Gasteiger partial charge < -0.3 is 0 Å². The molecule has 0 unspecified atom stereocenters. The SMILES string of the molecule is c1ccc2c(c1)sc1c(-c3nc4c(-c5cccc6c5sc5ccccc56)ccc(-c5cccc6c5sc5ccccc56)c4s3)cccc12. The van der Waals surface area contributed by atoms with Crippen LogP contribution in [0.5, 0.6) is 0 Å². The van der Waals surface area contributed by atoms with Crippen molar-refractivity contribution in [2.45, 2.75) is 0 Å². The van der Waals surface area contributed by atoms with Gasteiger partial charge in [0.25, 0.3) is 0 Å². The van der Waals surface area contributed by atoms with Crippen LogP contribution in [0.4, 0.5) is 0 Å². The number of fused-ring (bicyclic) bond motifs is 10. The highest BCUT2D eigenvalue weighted by Crippen LogP contribution is 2.49. The van der Waals surface area contributed by atoms with Gasteiger partial charge in [0, 0.05) is 88.3 Å². The van der Waals surface area contributed by atoms with Gasteiger partial charge in [-0.3, -0.25) is 0 Å². The van der Waals surface area contributed by atoms with E-state index in [1.165, 1.54) is 93.0 Å². The standard InChI is InChI=1S/C43H23NS4/c1-4-19-35-24(10-1)28-13-7-16-31(39(28)45-35)27-22-23-33(32-17-8-14-29-25-11-2-5-20-36(25)46-40(29)32)42-38(27)44-43(48-42)34-18-9-15-30-26-12-3-6-21-37(26)47-41(30)34/h1-23H. The quantitative estimate of drug-likeness (QED) is 0.181. The molecule has 0 aliphatic heterocycles. The fraction of sp³-hybridized carbons (Fsp3) is 0. The molecule has 0 aliphatic rings. The summed E-state index contributed by atoms with van der Waals surface area (Å²) in [6.45, 7) is 0. The van der Waals surface area contributed by atoms with Crippen molar-refractivity contribution < 1.29 is 0 Å². The van der Waals surface area contributed by atoms with E-state index in [1.807, 2.05) is 45.3 Å². The fourth-order valence-corrected chi connectivity index (χ4v) is 12.3. The molecule has 7 aromatic carbocycles. The number of thiophene rings is 3. The second-order valence-electron chi connectivity index (χ2n) is 12.2. The lowest BCUT2D eigenvalue weighted by molar-refractivity contribution is 1.49. The molecule has 1 nitrogen and oxygen atoms in total. The van der Waals surface area contributed by atoms with Gasteiger partial charge in [0.15, 0.2) is 0 Å². The van der Waals surface area contributed by atoms with E-state index in [2.05, 4.69) is 140 Å². The van der Waals surface area contributed by atoms with Crippen LogP contribution in [0.2, 0.25) is 0 Å². The van der Waals surface area contributed by atoms with E-state index in [0.717, 1.165) is 10.5 Å². The molecule has 0 radical (unpaired) electrons. The summed E-state index contributed by atoms with van der Waals surface area (Å²) < 4.78 is 9.16. The molecule has 5 heteroatoms. The third-order valence-electron chi connectivity index (χ3n) is 9.57. The van der Waals surface area contributed by atoms with Crippen LogP contribution < -0.4 is 0 Å². The summed E-state index contributed by atoms with van der Waals surface area (Å²) in [5.74, 6) is 0. The lowest BCUT2D eigenvalue weighted by Crippen LogP contribution is -1.85. The molecule has 0 saturated heterocycles. The van der Waals surface area contributed by atoms with Crippen molar-refractivity contribution in [2.75, 3.05) is 0 Å². The second kappa shape index (κ2) is 10.3. The van der Waals surface area contributed by atoms with Crippen molar-refractivity contribution in [1.29, 1.82) is 0 Å². The van der Waals surface area contributed by atoms with Crippen molar-refractivity contribution >= 4 is 116 Å². The van der Waals surface area contributed by atoms with Gasteiger partial charge in [-0.25, -0.2) is 4.98 Å². The van der Waals surface area contributed by atoms with Crippen LogP contribution in [0, 0.1) is 0 Å². The Hall–Kier alpha value is -4.91. The van der Waals surface area contributed by atoms with Crippen LogP contribution in [0.3, 0.4) is 0 Å². The molecule has 0 spiro atoms. The smallest absolute Gasteiger partial charge is 0.126 e. The van der Waals surface area contributed by atoms with Gasteiger partial charge in [0.2, 0.25) is 0 Å². The van der Waals surface area contributed by atoms with Crippen molar-refractivity contribution in [3.8, 4) is 32.8 Å². The second-order valence-corrected chi connectivity index (χ2v) is 16.4. The first-order valence-corrected chi connectivity index (χ1v) is 19.2. The summed E-state index contributed by atoms with van der Waals surface area (Å²) in [4.78, 5) is 5.58. The molecule has 0 bridgehead atoms. The van der Waals surface area contributed by atoms with E-state index >= 15 is 0 Å². The Kier molecular flexibility index (Phi) is 5.81. The normalized spacial score (nSPS) is 12.2. The summed E-state index contributed by atoms with van der Waals surface area (Å²) in [6, 6.07) is 51.2. The van der Waals surface area contributed by atoms with Gasteiger partial charge in [0.05, 0.1) is 10.2 Å². The maximum atomic E-state index is 5.58. The Balaban J connectivity index is 1.23. The van der Waals surface area contributed by atoms with Crippen molar-refractivity contribution in [3.05, 3.63) is 140 Å². The van der Waals surface area contributed by atoms with Gasteiger partial charge in [-0.1, -0.05) is 121 Å². The number of hydrogen-bond acceptors (Lipinski definition) is 5. The van der Waals surface area contributed by atoms with Gasteiger partial charge >= 0.3 is 0 Å². The number of rotatable bonds is 3. The molecule has 0 amide bonds. The average molecular weight is 682 g/mol. The largest absolute Gasteiger partial charge is 0.235 e. The molecule has 0 saturated carbocycles. The average Bonchev–Trinajstić information content (AvgIpc) is 3.92. The zero-order chi connectivity index (χ0) is 31.3. The van der Waals surface area contributed by atoms with Gasteiger partial charge in [-0.05, 0) is 18.2 Å². The summed E-state index contributed by atoms with van der Waals surface area (Å²) in [5, 5.41) is 8.96. The van der Waals surface area contributed by atoms with Gasteiger partial charge in [-0.2, -0.15) is 0 Å². The first kappa shape index (κ1) is 27.1. The maximum Gasteiger partial charge on any atom is 0.126 e. The first-order chi connectivity index (χ1) is 23.8. The zero-order valence-corrected chi connectivity index (χ0v) is 28.6. The Labute approximate surface area is 291 Å². The summed E-state index contributed by atoms with van der Waals surface area (Å²) >= 11 is 7.48. The summed E-state index contributed by atoms with van der Waals surface area (Å²) in [7, 11) is 0. The molecule has 48 heavy (non-hydrogen) atoms. The highest BCUT2D eigenvalue weighted by atomic mass is 32.1. The minimum atomic E-state index is 1.07. The minimum Gasteiger partial charge on any atom is -0.235 e. The minimum absolute atomic E-state index is 1.07. The highest BCUT2D eigenvalue weighted by molar-refractivity contribution is 7.28. The molecule has 11 aromatic rings. The number of aromatic nitrogens is 1. The van der Waals surface area contributed by atoms with Crippen LogP contribution in [0.15, 0.2) is 140 Å². The maximum absolute atomic E-state index is 5.58. The van der Waals surface area contributed by atoms with Crippen LogP contribution in [0.1, 0.15) is 0 Å². The lowest BCUT2D eigenvalue weighted by atomic mass is 9.97. The van der Waals surface area contributed by atoms with Crippen molar-refractivity contribution in [3.63, 3.8) is 0 Å². The molecule has 0 atom stereocenters. The van der Waals surface area contributed by atoms with Crippen molar-refractivity contribution in [2.24, 2.45) is 0 Å². The van der Waals surface area contributed by atoms with Gasteiger partial charge in [-0.15, -0.1) is 45.3 Å². The van der Waals surface area contributed by atoms with E-state index in [4.69, 9.17) is 4.98 Å². The Bertz CT molecular complexity index is 2930. The van der Waals surface area contributed by atoms with E-state index in [1.54, 1.807) is 0 Å². The molecule has 224 valence electrons. The number of hydrogen-bond donors (Lipinski definition) is 0. The molecule has 11 rings (SSSR count). The number of nitrogens with zero attached hydrogens (tertiary/aromatic N) is 1. The van der Waals surface area contributed by atoms with E-state index in [9.17, 15) is 0 Å². The van der Waals surface area contributed by atoms with Crippen LogP contribution in [0.25, 0.3) is 104 Å². The van der Waals surface area contributed by atoms with E-state index < -0.39 is 0 Å².